The maximum absolute atomic E-state index is 11.8. The van der Waals surface area contributed by atoms with Gasteiger partial charge in [0.1, 0.15) is 5.75 Å². The molecule has 8 heteroatoms. The highest BCUT2D eigenvalue weighted by molar-refractivity contribution is 5.31. The molecular formula is C14H20N3O5+. The van der Waals surface area contributed by atoms with E-state index >= 15 is 0 Å². The second kappa shape index (κ2) is 7.74. The lowest BCUT2D eigenvalue weighted by Gasteiger charge is -2.12. The van der Waals surface area contributed by atoms with Crippen molar-refractivity contribution in [3.05, 3.63) is 40.4 Å². The molecule has 22 heavy (non-hydrogen) atoms. The quantitative estimate of drug-likeness (QED) is 0.525. The molecule has 0 radical (unpaired) electrons. The first-order valence-electron chi connectivity index (χ1n) is 6.72. The summed E-state index contributed by atoms with van der Waals surface area (Å²) in [7, 11) is 4.70. The zero-order chi connectivity index (χ0) is 15.9. The fourth-order valence-electron chi connectivity index (χ4n) is 1.95. The van der Waals surface area contributed by atoms with Gasteiger partial charge in [-0.15, -0.1) is 0 Å². The van der Waals surface area contributed by atoms with E-state index in [9.17, 15) is 4.79 Å². The molecule has 2 aromatic rings. The topological polar surface area (TPSA) is 89.6 Å². The summed E-state index contributed by atoms with van der Waals surface area (Å²) in [6.45, 7) is 0.751. The van der Waals surface area contributed by atoms with E-state index in [1.807, 2.05) is 12.1 Å². The van der Waals surface area contributed by atoms with E-state index in [1.165, 1.54) is 0 Å². The van der Waals surface area contributed by atoms with Gasteiger partial charge in [-0.05, 0) is 22.1 Å². The standard InChI is InChI=1S/C14H19N3O5/c1-19-11-6-4-10(5-7-11)17-12(14(18)22-16-17)8-15-9-13(20-2)21-3/h4-7,13,15H,8-9H2,1-3H3/p+1. The maximum atomic E-state index is 11.8. The molecule has 0 bridgehead atoms. The Balaban J connectivity index is 2.11. The molecule has 0 atom stereocenters. The van der Waals surface area contributed by atoms with Crippen molar-refractivity contribution in [3.63, 3.8) is 0 Å². The number of nitrogens with one attached hydrogen (secondary N) is 2. The fraction of sp³-hybridized carbons (Fsp3) is 0.429. The average Bonchev–Trinajstić information content (AvgIpc) is 2.92. The zero-order valence-corrected chi connectivity index (χ0v) is 12.8. The summed E-state index contributed by atoms with van der Waals surface area (Å²) in [4.78, 5) is 11.8. The predicted octanol–water partition coefficient (Wildman–Crippen LogP) is -0.0383. The van der Waals surface area contributed by atoms with Crippen LogP contribution in [0.25, 0.3) is 5.69 Å². The van der Waals surface area contributed by atoms with Gasteiger partial charge in [0.2, 0.25) is 5.69 Å². The molecule has 2 N–H and O–H groups in total. The zero-order valence-electron chi connectivity index (χ0n) is 12.8. The SMILES string of the molecule is COc1ccc(-[n+]2[nH]oc(=O)c2CNCC(OC)OC)cc1. The van der Waals surface area contributed by atoms with Crippen molar-refractivity contribution in [2.24, 2.45) is 0 Å². The highest BCUT2D eigenvalue weighted by atomic mass is 16.7. The van der Waals surface area contributed by atoms with Gasteiger partial charge < -0.3 is 19.5 Å². The third-order valence-corrected chi connectivity index (χ3v) is 3.20. The molecule has 0 spiro atoms. The predicted molar refractivity (Wildman–Crippen MR) is 76.9 cm³/mol. The summed E-state index contributed by atoms with van der Waals surface area (Å²) in [5.74, 6) is 0.734. The minimum Gasteiger partial charge on any atom is -0.497 e. The smallest absolute Gasteiger partial charge is 0.431 e. The van der Waals surface area contributed by atoms with Gasteiger partial charge in [-0.1, -0.05) is 0 Å². The number of aromatic amines is 1. The lowest BCUT2D eigenvalue weighted by Crippen LogP contribution is -2.42. The number of hydrogen-bond donors (Lipinski definition) is 2. The first-order valence-corrected chi connectivity index (χ1v) is 6.72. The molecule has 1 heterocycles. The number of hydrogen-bond acceptors (Lipinski definition) is 6. The molecule has 0 aliphatic rings. The molecule has 0 saturated carbocycles. The van der Waals surface area contributed by atoms with Gasteiger partial charge in [0, 0.05) is 32.9 Å². The Morgan fingerprint density at radius 1 is 1.23 bits per heavy atom. The van der Waals surface area contributed by atoms with E-state index in [0.29, 0.717) is 18.8 Å². The first-order chi connectivity index (χ1) is 10.7. The van der Waals surface area contributed by atoms with Gasteiger partial charge in [-0.3, -0.25) is 4.52 Å². The molecule has 1 aromatic heterocycles. The summed E-state index contributed by atoms with van der Waals surface area (Å²) >= 11 is 0. The van der Waals surface area contributed by atoms with Crippen LogP contribution >= 0.6 is 0 Å². The average molecular weight is 310 g/mol. The van der Waals surface area contributed by atoms with E-state index in [4.69, 9.17) is 18.7 Å². The van der Waals surface area contributed by atoms with Crippen LogP contribution in [0.4, 0.5) is 0 Å². The van der Waals surface area contributed by atoms with Crippen LogP contribution in [0.3, 0.4) is 0 Å². The number of H-pyrrole nitrogens is 1. The summed E-state index contributed by atoms with van der Waals surface area (Å²) in [5.41, 5.74) is 0.768. The fourth-order valence-corrected chi connectivity index (χ4v) is 1.95. The van der Waals surface area contributed by atoms with Crippen LogP contribution in [-0.4, -0.2) is 39.4 Å². The Labute approximate surface area is 127 Å². The van der Waals surface area contributed by atoms with E-state index in [2.05, 4.69) is 10.6 Å². The molecule has 0 amide bonds. The van der Waals surface area contributed by atoms with Crippen LogP contribution in [-0.2, 0) is 16.0 Å². The van der Waals surface area contributed by atoms with Gasteiger partial charge >= 0.3 is 11.3 Å². The number of methoxy groups -OCH3 is 3. The van der Waals surface area contributed by atoms with Crippen LogP contribution < -0.4 is 20.4 Å². The summed E-state index contributed by atoms with van der Waals surface area (Å²) in [6, 6.07) is 7.25. The summed E-state index contributed by atoms with van der Waals surface area (Å²) in [6.07, 6.45) is -0.375. The highest BCUT2D eigenvalue weighted by Crippen LogP contribution is 2.10. The minimum absolute atomic E-state index is 0.307. The third kappa shape index (κ3) is 3.73. The second-order valence-corrected chi connectivity index (χ2v) is 4.49. The van der Waals surface area contributed by atoms with Crippen LogP contribution in [0.2, 0.25) is 0 Å². The number of nitrogens with zero attached hydrogens (tertiary/aromatic N) is 1. The lowest BCUT2D eigenvalue weighted by molar-refractivity contribution is -0.677. The summed E-state index contributed by atoms with van der Waals surface area (Å²) in [5, 5.41) is 5.67. The Morgan fingerprint density at radius 2 is 1.91 bits per heavy atom. The third-order valence-electron chi connectivity index (χ3n) is 3.20. The highest BCUT2D eigenvalue weighted by Gasteiger charge is 2.23. The van der Waals surface area contributed by atoms with E-state index in [0.717, 1.165) is 11.4 Å². The number of aromatic nitrogens is 2. The van der Waals surface area contributed by atoms with Crippen LogP contribution in [0.15, 0.2) is 33.6 Å². The van der Waals surface area contributed by atoms with Crippen LogP contribution in [0, 0.1) is 0 Å². The number of ether oxygens (including phenoxy) is 3. The molecule has 0 saturated heterocycles. The van der Waals surface area contributed by atoms with Crippen molar-refractivity contribution < 1.29 is 23.4 Å². The monoisotopic (exact) mass is 310 g/mol. The Hall–Kier alpha value is -2.16. The van der Waals surface area contributed by atoms with Gasteiger partial charge in [0.15, 0.2) is 6.29 Å². The van der Waals surface area contributed by atoms with Gasteiger partial charge in [0.25, 0.3) is 0 Å². The first kappa shape index (κ1) is 16.2. The molecular weight excluding hydrogens is 290 g/mol. The van der Waals surface area contributed by atoms with Crippen molar-refractivity contribution in [1.29, 1.82) is 0 Å². The lowest BCUT2D eigenvalue weighted by atomic mass is 10.3. The van der Waals surface area contributed by atoms with E-state index < -0.39 is 5.63 Å². The molecule has 1 aromatic carbocycles. The van der Waals surface area contributed by atoms with Crippen molar-refractivity contribution in [2.45, 2.75) is 12.8 Å². The Morgan fingerprint density at radius 3 is 2.50 bits per heavy atom. The number of rotatable bonds is 8. The molecule has 120 valence electrons. The summed E-state index contributed by atoms with van der Waals surface area (Å²) < 4.78 is 21.7. The minimum atomic E-state index is -0.435. The molecule has 2 rings (SSSR count). The van der Waals surface area contributed by atoms with E-state index in [-0.39, 0.29) is 6.29 Å². The van der Waals surface area contributed by atoms with Gasteiger partial charge in [0.05, 0.1) is 13.7 Å². The molecule has 8 nitrogen and oxygen atoms in total. The van der Waals surface area contributed by atoms with Crippen molar-refractivity contribution in [2.75, 3.05) is 27.9 Å². The van der Waals surface area contributed by atoms with Crippen molar-refractivity contribution in [3.8, 4) is 11.4 Å². The number of benzene rings is 1. The maximum Gasteiger partial charge on any atom is 0.431 e. The van der Waals surface area contributed by atoms with Crippen LogP contribution in [0.1, 0.15) is 5.69 Å². The second-order valence-electron chi connectivity index (χ2n) is 4.49. The van der Waals surface area contributed by atoms with Gasteiger partial charge in [-0.25, -0.2) is 4.79 Å². The largest absolute Gasteiger partial charge is 0.497 e. The molecule has 0 aliphatic heterocycles. The van der Waals surface area contributed by atoms with Gasteiger partial charge in [-0.2, -0.15) is 0 Å². The molecule has 0 fully saturated rings. The Bertz CT molecular complexity index is 631. The normalized spacial score (nSPS) is 11.1. The molecule has 0 aliphatic carbocycles. The van der Waals surface area contributed by atoms with E-state index in [1.54, 1.807) is 38.1 Å². The van der Waals surface area contributed by atoms with Crippen molar-refractivity contribution in [1.82, 2.24) is 10.6 Å². The Kier molecular flexibility index (Phi) is 5.70. The van der Waals surface area contributed by atoms with Crippen LogP contribution in [0.5, 0.6) is 5.75 Å². The molecule has 0 unspecified atom stereocenters. The van der Waals surface area contributed by atoms with Crippen molar-refractivity contribution >= 4 is 0 Å².